The first kappa shape index (κ1) is 14.9. The average Bonchev–Trinajstić information content (AvgIpc) is 2.38. The first-order chi connectivity index (χ1) is 9.06. The van der Waals surface area contributed by atoms with E-state index >= 15 is 0 Å². The third-order valence-corrected chi connectivity index (χ3v) is 2.59. The molecule has 0 aliphatic heterocycles. The lowest BCUT2D eigenvalue weighted by Gasteiger charge is -2.13. The fourth-order valence-electron chi connectivity index (χ4n) is 1.60. The average molecular weight is 264 g/mol. The Morgan fingerprint density at radius 2 is 2.26 bits per heavy atom. The van der Waals surface area contributed by atoms with Gasteiger partial charge in [-0.3, -0.25) is 10.1 Å². The number of hydrogen-bond acceptors (Lipinski definition) is 5. The minimum absolute atomic E-state index is 0.0762. The molecule has 0 fully saturated rings. The van der Waals surface area contributed by atoms with Crippen LogP contribution in [0.15, 0.2) is 18.2 Å². The van der Waals surface area contributed by atoms with Crippen LogP contribution >= 0.6 is 0 Å². The van der Waals surface area contributed by atoms with Gasteiger partial charge in [-0.05, 0) is 25.8 Å². The quantitative estimate of drug-likeness (QED) is 0.464. The molecule has 1 rings (SSSR count). The van der Waals surface area contributed by atoms with E-state index in [2.05, 4.69) is 0 Å². The molecule has 6 heteroatoms. The summed E-state index contributed by atoms with van der Waals surface area (Å²) in [5.74, 6) is 0.442. The van der Waals surface area contributed by atoms with Crippen LogP contribution in [0, 0.1) is 21.4 Å². The van der Waals surface area contributed by atoms with Crippen molar-refractivity contribution >= 4 is 5.69 Å². The number of rotatable bonds is 7. The smallest absolute Gasteiger partial charge is 0.270 e. The molecule has 0 heterocycles. The van der Waals surface area contributed by atoms with Crippen molar-refractivity contribution in [3.63, 3.8) is 0 Å². The largest absolute Gasteiger partial charge is 0.493 e. The summed E-state index contributed by atoms with van der Waals surface area (Å²) in [5.41, 5.74) is 0.321. The van der Waals surface area contributed by atoms with Gasteiger partial charge in [0, 0.05) is 24.1 Å². The first-order valence-electron chi connectivity index (χ1n) is 6.02. The molecule has 102 valence electrons. The Labute approximate surface area is 111 Å². The van der Waals surface area contributed by atoms with Gasteiger partial charge in [0.05, 0.1) is 23.7 Å². The molecule has 0 amide bonds. The number of nitriles is 1. The Morgan fingerprint density at radius 3 is 2.84 bits per heavy atom. The number of non-ortho nitro benzene ring substituents is 1. The summed E-state index contributed by atoms with van der Waals surface area (Å²) in [6, 6.07) is 6.19. The predicted molar refractivity (Wildman–Crippen MR) is 68.7 cm³/mol. The van der Waals surface area contributed by atoms with Gasteiger partial charge in [0.15, 0.2) is 0 Å². The van der Waals surface area contributed by atoms with E-state index in [-0.39, 0.29) is 5.69 Å². The molecule has 1 atom stereocenters. The Bertz CT molecular complexity index is 480. The molecule has 0 saturated carbocycles. The van der Waals surface area contributed by atoms with Crippen LogP contribution in [0.5, 0.6) is 5.75 Å². The van der Waals surface area contributed by atoms with E-state index < -0.39 is 11.0 Å². The molecule has 1 N–H and O–H groups in total. The monoisotopic (exact) mass is 264 g/mol. The van der Waals surface area contributed by atoms with Crippen LogP contribution in [-0.4, -0.2) is 16.6 Å². The Morgan fingerprint density at radius 1 is 1.53 bits per heavy atom. The lowest BCUT2D eigenvalue weighted by molar-refractivity contribution is -0.385. The van der Waals surface area contributed by atoms with Crippen LogP contribution in [0.25, 0.3) is 0 Å². The number of benzene rings is 1. The molecule has 0 saturated heterocycles. The highest BCUT2D eigenvalue weighted by Gasteiger charge is 2.15. The summed E-state index contributed by atoms with van der Waals surface area (Å²) in [4.78, 5) is 10.2. The normalized spacial score (nSPS) is 11.6. The van der Waals surface area contributed by atoms with Gasteiger partial charge >= 0.3 is 0 Å². The fraction of sp³-hybridized carbons (Fsp3) is 0.462. The molecule has 0 aliphatic rings. The van der Waals surface area contributed by atoms with Gasteiger partial charge in [-0.25, -0.2) is 0 Å². The first-order valence-corrected chi connectivity index (χ1v) is 6.02. The minimum atomic E-state index is -0.839. The van der Waals surface area contributed by atoms with Gasteiger partial charge in [-0.2, -0.15) is 5.26 Å². The van der Waals surface area contributed by atoms with Crippen LogP contribution in [0.4, 0.5) is 5.69 Å². The second-order valence-electron chi connectivity index (χ2n) is 4.12. The maximum atomic E-state index is 10.7. The van der Waals surface area contributed by atoms with Gasteiger partial charge in [-0.15, -0.1) is 0 Å². The highest BCUT2D eigenvalue weighted by atomic mass is 16.6. The third kappa shape index (κ3) is 4.56. The zero-order valence-corrected chi connectivity index (χ0v) is 10.7. The van der Waals surface area contributed by atoms with Crippen molar-refractivity contribution in [1.82, 2.24) is 0 Å². The summed E-state index contributed by atoms with van der Waals surface area (Å²) in [5, 5.41) is 28.7. The lowest BCUT2D eigenvalue weighted by Crippen LogP contribution is -2.03. The standard InChI is InChI=1S/C13H16N2O4/c1-10(16)12-9-11(15(17)18)5-6-13(12)19-8-4-2-3-7-14/h5-6,9-10,16H,2-4,8H2,1H3. The van der Waals surface area contributed by atoms with Gasteiger partial charge in [0.2, 0.25) is 0 Å². The number of ether oxygens (including phenoxy) is 1. The number of aliphatic hydroxyl groups is 1. The van der Waals surface area contributed by atoms with Crippen molar-refractivity contribution in [3.05, 3.63) is 33.9 Å². The van der Waals surface area contributed by atoms with Crippen molar-refractivity contribution < 1.29 is 14.8 Å². The van der Waals surface area contributed by atoms with Crippen molar-refractivity contribution in [2.75, 3.05) is 6.61 Å². The van der Waals surface area contributed by atoms with Crippen molar-refractivity contribution in [3.8, 4) is 11.8 Å². The summed E-state index contributed by atoms with van der Waals surface area (Å²) < 4.78 is 5.49. The van der Waals surface area contributed by atoms with Crippen molar-refractivity contribution in [2.45, 2.75) is 32.3 Å². The maximum absolute atomic E-state index is 10.7. The third-order valence-electron chi connectivity index (χ3n) is 2.59. The molecule has 1 aromatic rings. The topological polar surface area (TPSA) is 96.4 Å². The Kier molecular flexibility index (Phi) is 5.76. The summed E-state index contributed by atoms with van der Waals surface area (Å²) in [6.45, 7) is 1.95. The van der Waals surface area contributed by atoms with Gasteiger partial charge in [-0.1, -0.05) is 0 Å². The van der Waals surface area contributed by atoms with Crippen LogP contribution < -0.4 is 4.74 Å². The highest BCUT2D eigenvalue weighted by molar-refractivity contribution is 5.44. The Balaban J connectivity index is 2.72. The van der Waals surface area contributed by atoms with E-state index in [0.717, 1.165) is 12.8 Å². The van der Waals surface area contributed by atoms with Gasteiger partial charge in [0.25, 0.3) is 5.69 Å². The molecule has 0 bridgehead atoms. The zero-order valence-electron chi connectivity index (χ0n) is 10.7. The summed E-state index contributed by atoms with van der Waals surface area (Å²) in [6.07, 6.45) is 1.11. The fourth-order valence-corrected chi connectivity index (χ4v) is 1.60. The molecule has 6 nitrogen and oxygen atoms in total. The second-order valence-corrected chi connectivity index (χ2v) is 4.12. The van der Waals surface area contributed by atoms with E-state index in [1.54, 1.807) is 0 Å². The molecule has 0 radical (unpaired) electrons. The lowest BCUT2D eigenvalue weighted by atomic mass is 10.1. The molecule has 0 aliphatic carbocycles. The summed E-state index contributed by atoms with van der Waals surface area (Å²) in [7, 11) is 0. The molecule has 1 aromatic carbocycles. The molecule has 0 aromatic heterocycles. The maximum Gasteiger partial charge on any atom is 0.270 e. The number of hydrogen-bond donors (Lipinski definition) is 1. The number of nitro groups is 1. The molecule has 1 unspecified atom stereocenters. The minimum Gasteiger partial charge on any atom is -0.493 e. The van der Waals surface area contributed by atoms with Gasteiger partial charge < -0.3 is 9.84 Å². The summed E-state index contributed by atoms with van der Waals surface area (Å²) >= 11 is 0. The Hall–Kier alpha value is -2.13. The molecule has 0 spiro atoms. The van der Waals surface area contributed by atoms with Crippen LogP contribution in [0.1, 0.15) is 37.9 Å². The molecule has 19 heavy (non-hydrogen) atoms. The highest BCUT2D eigenvalue weighted by Crippen LogP contribution is 2.29. The number of unbranched alkanes of at least 4 members (excludes halogenated alkanes) is 2. The molecular formula is C13H16N2O4. The van der Waals surface area contributed by atoms with Crippen LogP contribution in [-0.2, 0) is 0 Å². The number of nitrogens with zero attached hydrogens (tertiary/aromatic N) is 2. The zero-order chi connectivity index (χ0) is 14.3. The van der Waals surface area contributed by atoms with E-state index in [0.29, 0.717) is 24.3 Å². The molecular weight excluding hydrogens is 248 g/mol. The predicted octanol–water partition coefficient (Wildman–Crippen LogP) is 2.72. The van der Waals surface area contributed by atoms with Gasteiger partial charge in [0.1, 0.15) is 5.75 Å². The second kappa shape index (κ2) is 7.34. The van der Waals surface area contributed by atoms with Crippen LogP contribution in [0.2, 0.25) is 0 Å². The van der Waals surface area contributed by atoms with Crippen molar-refractivity contribution in [2.24, 2.45) is 0 Å². The van der Waals surface area contributed by atoms with E-state index in [9.17, 15) is 15.2 Å². The number of nitro benzene ring substituents is 1. The van der Waals surface area contributed by atoms with E-state index in [4.69, 9.17) is 10.00 Å². The SMILES string of the molecule is CC(O)c1cc([N+](=O)[O-])ccc1OCCCCC#N. The van der Waals surface area contributed by atoms with Crippen molar-refractivity contribution in [1.29, 1.82) is 5.26 Å². The van der Waals surface area contributed by atoms with Crippen LogP contribution in [0.3, 0.4) is 0 Å². The van der Waals surface area contributed by atoms with E-state index in [1.807, 2.05) is 6.07 Å². The number of aliphatic hydroxyl groups excluding tert-OH is 1. The van der Waals surface area contributed by atoms with E-state index in [1.165, 1.54) is 25.1 Å².